The zero-order valence-corrected chi connectivity index (χ0v) is 14.9. The Morgan fingerprint density at radius 2 is 2.04 bits per heavy atom. The molecule has 0 saturated heterocycles. The Balaban J connectivity index is 2.17. The molecule has 4 aromatic heterocycles. The van der Waals surface area contributed by atoms with Crippen molar-refractivity contribution in [2.24, 2.45) is 0 Å². The molecule has 0 radical (unpaired) electrons. The number of fused-ring (bicyclic) bond motifs is 3. The van der Waals surface area contributed by atoms with Gasteiger partial charge >= 0.3 is 5.69 Å². The minimum Gasteiger partial charge on any atom is -0.507 e. The van der Waals surface area contributed by atoms with Crippen LogP contribution in [-0.2, 0) is 11.5 Å². The van der Waals surface area contributed by atoms with Crippen molar-refractivity contribution in [1.82, 2.24) is 23.9 Å². The van der Waals surface area contributed by atoms with Gasteiger partial charge in [-0.05, 0) is 24.5 Å². The summed E-state index contributed by atoms with van der Waals surface area (Å²) in [5.41, 5.74) is 1.93. The third-order valence-electron chi connectivity index (χ3n) is 4.06. The van der Waals surface area contributed by atoms with E-state index in [4.69, 9.17) is 4.74 Å². The first kappa shape index (κ1) is 16.6. The first-order chi connectivity index (χ1) is 12.7. The molecule has 132 valence electrons. The maximum Gasteiger partial charge on any atom is 0.336 e. The minimum absolute atomic E-state index is 0.0377. The van der Waals surface area contributed by atoms with E-state index in [1.54, 1.807) is 24.5 Å². The summed E-state index contributed by atoms with van der Waals surface area (Å²) in [5, 5.41) is 11.5. The van der Waals surface area contributed by atoms with Gasteiger partial charge in [-0.3, -0.25) is 4.57 Å². The van der Waals surface area contributed by atoms with Crippen molar-refractivity contribution < 1.29 is 9.84 Å². The van der Waals surface area contributed by atoms with Gasteiger partial charge in [-0.1, -0.05) is 11.8 Å². The number of thioether (sulfide) groups is 1. The smallest absolute Gasteiger partial charge is 0.336 e. The summed E-state index contributed by atoms with van der Waals surface area (Å²) in [6.07, 6.45) is 6.66. The van der Waals surface area contributed by atoms with Crippen LogP contribution >= 0.6 is 11.8 Å². The molecule has 26 heavy (non-hydrogen) atoms. The van der Waals surface area contributed by atoms with Crippen LogP contribution < -0.4 is 5.69 Å². The van der Waals surface area contributed by atoms with Crippen LogP contribution in [0.4, 0.5) is 0 Å². The monoisotopic (exact) mass is 369 g/mol. The zero-order chi connectivity index (χ0) is 18.3. The molecule has 9 heteroatoms. The van der Waals surface area contributed by atoms with Gasteiger partial charge in [0.1, 0.15) is 12.5 Å². The van der Waals surface area contributed by atoms with Crippen LogP contribution in [0.1, 0.15) is 0 Å². The highest BCUT2D eigenvalue weighted by atomic mass is 32.2. The van der Waals surface area contributed by atoms with Crippen LogP contribution in [-0.4, -0.2) is 42.4 Å². The van der Waals surface area contributed by atoms with Gasteiger partial charge in [0, 0.05) is 31.3 Å². The molecule has 0 spiro atoms. The zero-order valence-electron chi connectivity index (χ0n) is 14.1. The van der Waals surface area contributed by atoms with Crippen LogP contribution in [0, 0.1) is 0 Å². The van der Waals surface area contributed by atoms with Gasteiger partial charge < -0.3 is 9.84 Å². The van der Waals surface area contributed by atoms with Crippen molar-refractivity contribution in [2.75, 3.05) is 13.4 Å². The summed E-state index contributed by atoms with van der Waals surface area (Å²) in [6, 6.07) is 5.04. The molecule has 1 N–H and O–H groups in total. The lowest BCUT2D eigenvalue weighted by Crippen LogP contribution is -2.26. The molecule has 0 unspecified atom stereocenters. The van der Waals surface area contributed by atoms with E-state index in [1.165, 1.54) is 40.1 Å². The molecular formula is C17H15N5O3S. The molecule has 0 atom stereocenters. The van der Waals surface area contributed by atoms with E-state index in [0.717, 1.165) is 0 Å². The number of rotatable bonds is 4. The van der Waals surface area contributed by atoms with Crippen molar-refractivity contribution in [3.8, 4) is 17.0 Å². The molecule has 0 amide bonds. The molecule has 0 fully saturated rings. The Morgan fingerprint density at radius 1 is 1.23 bits per heavy atom. The maximum absolute atomic E-state index is 12.9. The molecule has 0 saturated carbocycles. The van der Waals surface area contributed by atoms with Crippen LogP contribution in [0.15, 0.2) is 46.7 Å². The number of nitrogens with zero attached hydrogens (tertiary/aromatic N) is 5. The van der Waals surface area contributed by atoms with E-state index >= 15 is 0 Å². The SMILES string of the molecule is COCn1ccc2c(-c3ccnc(SC)n3)c3c(O)ccnc3n2c1=O. The van der Waals surface area contributed by atoms with Crippen molar-refractivity contribution in [3.05, 3.63) is 47.3 Å². The topological polar surface area (TPSA) is 94.5 Å². The highest BCUT2D eigenvalue weighted by Gasteiger charge is 2.21. The molecule has 4 aromatic rings. The summed E-state index contributed by atoms with van der Waals surface area (Å²) in [4.78, 5) is 25.9. The van der Waals surface area contributed by atoms with E-state index in [9.17, 15) is 9.90 Å². The quantitative estimate of drug-likeness (QED) is 0.435. The number of methoxy groups -OCH3 is 1. The van der Waals surface area contributed by atoms with Gasteiger partial charge in [-0.15, -0.1) is 0 Å². The Bertz CT molecular complexity index is 1180. The lowest BCUT2D eigenvalue weighted by molar-refractivity contribution is 0.127. The number of hydrogen-bond acceptors (Lipinski definition) is 7. The summed E-state index contributed by atoms with van der Waals surface area (Å²) >= 11 is 1.42. The third kappa shape index (κ3) is 2.44. The second-order valence-electron chi connectivity index (χ2n) is 5.54. The van der Waals surface area contributed by atoms with Gasteiger partial charge in [0.2, 0.25) is 0 Å². The predicted octanol–water partition coefficient (Wildman–Crippen LogP) is 2.14. The third-order valence-corrected chi connectivity index (χ3v) is 4.62. The molecule has 4 rings (SSSR count). The van der Waals surface area contributed by atoms with Crippen LogP contribution in [0.5, 0.6) is 5.75 Å². The van der Waals surface area contributed by atoms with Gasteiger partial charge in [0.15, 0.2) is 10.8 Å². The molecule has 0 aliphatic heterocycles. The summed E-state index contributed by atoms with van der Waals surface area (Å²) in [6.45, 7) is 0.118. The number of aromatic nitrogens is 5. The Kier molecular flexibility index (Phi) is 4.09. The molecular weight excluding hydrogens is 354 g/mol. The average Bonchev–Trinajstić information content (AvgIpc) is 3.00. The van der Waals surface area contributed by atoms with Gasteiger partial charge in [0.05, 0.1) is 16.6 Å². The normalized spacial score (nSPS) is 11.5. The fourth-order valence-corrected chi connectivity index (χ4v) is 3.34. The highest BCUT2D eigenvalue weighted by molar-refractivity contribution is 7.98. The summed E-state index contributed by atoms with van der Waals surface area (Å²) < 4.78 is 7.96. The number of hydrogen-bond donors (Lipinski definition) is 1. The van der Waals surface area contributed by atoms with Crippen molar-refractivity contribution in [2.45, 2.75) is 11.9 Å². The molecule has 8 nitrogen and oxygen atoms in total. The number of pyridine rings is 1. The highest BCUT2D eigenvalue weighted by Crippen LogP contribution is 2.37. The second kappa shape index (κ2) is 6.43. The lowest BCUT2D eigenvalue weighted by Gasteiger charge is -2.06. The van der Waals surface area contributed by atoms with Gasteiger partial charge in [-0.2, -0.15) is 0 Å². The fourth-order valence-electron chi connectivity index (χ4n) is 2.98. The standard InChI is InChI=1S/C17H15N5O3S/c1-25-9-21-8-5-11-13(10-3-6-19-16(20-10)26-2)14-12(23)4-7-18-15(14)22(11)17(21)24/h3-8H,9H2,1-2H3,(H,18,23). The average molecular weight is 369 g/mol. The Hall–Kier alpha value is -2.91. The van der Waals surface area contributed by atoms with Crippen molar-refractivity contribution in [1.29, 1.82) is 0 Å². The molecule has 4 heterocycles. The van der Waals surface area contributed by atoms with Crippen molar-refractivity contribution in [3.63, 3.8) is 0 Å². The molecule has 0 aromatic carbocycles. The van der Waals surface area contributed by atoms with Crippen LogP contribution in [0.2, 0.25) is 0 Å². The van der Waals surface area contributed by atoms with Gasteiger partial charge in [-0.25, -0.2) is 24.1 Å². The lowest BCUT2D eigenvalue weighted by atomic mass is 10.1. The maximum atomic E-state index is 12.9. The van der Waals surface area contributed by atoms with Crippen molar-refractivity contribution >= 4 is 28.3 Å². The van der Waals surface area contributed by atoms with E-state index in [1.807, 2.05) is 6.26 Å². The summed E-state index contributed by atoms with van der Waals surface area (Å²) in [7, 11) is 1.52. The largest absolute Gasteiger partial charge is 0.507 e. The Labute approximate surface area is 152 Å². The van der Waals surface area contributed by atoms with Crippen LogP contribution in [0.25, 0.3) is 27.8 Å². The minimum atomic E-state index is -0.308. The van der Waals surface area contributed by atoms with Crippen LogP contribution in [0.3, 0.4) is 0 Å². The first-order valence-electron chi connectivity index (χ1n) is 7.73. The van der Waals surface area contributed by atoms with E-state index in [2.05, 4.69) is 15.0 Å². The fraction of sp³-hybridized carbons (Fsp3) is 0.176. The molecule has 0 aliphatic rings. The van der Waals surface area contributed by atoms with E-state index in [-0.39, 0.29) is 18.2 Å². The summed E-state index contributed by atoms with van der Waals surface area (Å²) in [5.74, 6) is 0.0377. The van der Waals surface area contributed by atoms with E-state index in [0.29, 0.717) is 33.0 Å². The second-order valence-corrected chi connectivity index (χ2v) is 6.31. The predicted molar refractivity (Wildman–Crippen MR) is 98.4 cm³/mol. The molecule has 0 aliphatic carbocycles. The first-order valence-corrected chi connectivity index (χ1v) is 8.96. The number of aromatic hydroxyl groups is 1. The van der Waals surface area contributed by atoms with E-state index < -0.39 is 0 Å². The van der Waals surface area contributed by atoms with Gasteiger partial charge in [0.25, 0.3) is 0 Å². The Morgan fingerprint density at radius 3 is 2.81 bits per heavy atom. The number of ether oxygens (including phenoxy) is 1. The molecule has 0 bridgehead atoms.